The standard InChI is InChI=1S/C18H15ClN4O/c1-10-14(9-22-17(19)23-10)12-3-2-11-7-15(21-8-13(11)6-12)18(4-5-18)16(20)24/h2-3,6-9H,4-5H2,1H3,(H2,20,24). The molecule has 2 heterocycles. The first-order chi connectivity index (χ1) is 11.5. The van der Waals surface area contributed by atoms with Gasteiger partial charge in [-0.15, -0.1) is 0 Å². The Morgan fingerprint density at radius 3 is 2.62 bits per heavy atom. The van der Waals surface area contributed by atoms with E-state index in [1.807, 2.05) is 31.2 Å². The highest BCUT2D eigenvalue weighted by Gasteiger charge is 2.51. The van der Waals surface area contributed by atoms with E-state index in [9.17, 15) is 4.79 Å². The first kappa shape index (κ1) is 15.0. The van der Waals surface area contributed by atoms with Crippen molar-refractivity contribution in [3.8, 4) is 11.1 Å². The van der Waals surface area contributed by atoms with Crippen LogP contribution in [-0.2, 0) is 10.2 Å². The Morgan fingerprint density at radius 1 is 1.17 bits per heavy atom. The van der Waals surface area contributed by atoms with Crippen LogP contribution in [0.4, 0.5) is 0 Å². The number of nitrogens with two attached hydrogens (primary N) is 1. The Morgan fingerprint density at radius 2 is 1.96 bits per heavy atom. The Kier molecular flexibility index (Phi) is 3.28. The average molecular weight is 339 g/mol. The number of amides is 1. The van der Waals surface area contributed by atoms with Crippen molar-refractivity contribution in [2.75, 3.05) is 0 Å². The molecule has 1 aliphatic carbocycles. The number of pyridine rings is 1. The number of hydrogen-bond donors (Lipinski definition) is 1. The Labute approximate surface area is 143 Å². The average Bonchev–Trinajstić information content (AvgIpc) is 3.36. The van der Waals surface area contributed by atoms with Gasteiger partial charge in [-0.05, 0) is 54.4 Å². The number of halogens is 1. The lowest BCUT2D eigenvalue weighted by atomic mass is 9.97. The normalized spacial score (nSPS) is 15.4. The predicted molar refractivity (Wildman–Crippen MR) is 92.6 cm³/mol. The van der Waals surface area contributed by atoms with Gasteiger partial charge in [0.25, 0.3) is 0 Å². The van der Waals surface area contributed by atoms with Crippen LogP contribution in [0.2, 0.25) is 5.28 Å². The van der Waals surface area contributed by atoms with Crippen LogP contribution in [0.15, 0.2) is 36.7 Å². The van der Waals surface area contributed by atoms with Crippen molar-refractivity contribution < 1.29 is 4.79 Å². The van der Waals surface area contributed by atoms with E-state index >= 15 is 0 Å². The molecule has 3 aromatic rings. The Bertz CT molecular complexity index is 982. The summed E-state index contributed by atoms with van der Waals surface area (Å²) in [7, 11) is 0. The highest BCUT2D eigenvalue weighted by Crippen LogP contribution is 2.47. The lowest BCUT2D eigenvalue weighted by Gasteiger charge is -2.12. The number of nitrogens with zero attached hydrogens (tertiary/aromatic N) is 3. The fraction of sp³-hybridized carbons (Fsp3) is 0.222. The quantitative estimate of drug-likeness (QED) is 0.744. The van der Waals surface area contributed by atoms with E-state index in [1.165, 1.54) is 0 Å². The van der Waals surface area contributed by atoms with Crippen molar-refractivity contribution in [2.24, 2.45) is 5.73 Å². The summed E-state index contributed by atoms with van der Waals surface area (Å²) in [5, 5.41) is 2.26. The van der Waals surface area contributed by atoms with Gasteiger partial charge in [0.1, 0.15) is 0 Å². The number of hydrogen-bond acceptors (Lipinski definition) is 4. The number of rotatable bonds is 3. The molecule has 1 aromatic carbocycles. The third-order valence-electron chi connectivity index (χ3n) is 4.69. The van der Waals surface area contributed by atoms with E-state index in [0.29, 0.717) is 0 Å². The maximum Gasteiger partial charge on any atom is 0.229 e. The molecule has 0 radical (unpaired) electrons. The Hall–Kier alpha value is -2.53. The molecule has 0 saturated heterocycles. The highest BCUT2D eigenvalue weighted by atomic mass is 35.5. The van der Waals surface area contributed by atoms with Crippen molar-refractivity contribution in [3.63, 3.8) is 0 Å². The first-order valence-corrected chi connectivity index (χ1v) is 8.07. The predicted octanol–water partition coefficient (Wildman–Crippen LogP) is 3.17. The summed E-state index contributed by atoms with van der Waals surface area (Å²) in [6, 6.07) is 8.02. The second kappa shape index (κ2) is 5.24. The van der Waals surface area contributed by atoms with Crippen molar-refractivity contribution in [2.45, 2.75) is 25.2 Å². The second-order valence-electron chi connectivity index (χ2n) is 6.22. The molecule has 1 amide bonds. The highest BCUT2D eigenvalue weighted by molar-refractivity contribution is 6.28. The van der Waals surface area contributed by atoms with E-state index in [0.717, 1.165) is 46.1 Å². The molecule has 24 heavy (non-hydrogen) atoms. The van der Waals surface area contributed by atoms with Gasteiger partial charge >= 0.3 is 0 Å². The van der Waals surface area contributed by atoms with Crippen LogP contribution in [0, 0.1) is 6.92 Å². The van der Waals surface area contributed by atoms with Crippen molar-refractivity contribution in [1.29, 1.82) is 0 Å². The molecule has 0 atom stereocenters. The summed E-state index contributed by atoms with van der Waals surface area (Å²) in [4.78, 5) is 24.4. The largest absolute Gasteiger partial charge is 0.369 e. The van der Waals surface area contributed by atoms with E-state index < -0.39 is 5.41 Å². The van der Waals surface area contributed by atoms with Crippen LogP contribution in [-0.4, -0.2) is 20.9 Å². The first-order valence-electron chi connectivity index (χ1n) is 7.69. The molecule has 6 heteroatoms. The lowest BCUT2D eigenvalue weighted by Crippen LogP contribution is -2.29. The number of fused-ring (bicyclic) bond motifs is 1. The van der Waals surface area contributed by atoms with Crippen LogP contribution in [0.1, 0.15) is 24.2 Å². The van der Waals surface area contributed by atoms with Gasteiger partial charge in [-0.2, -0.15) is 0 Å². The molecule has 0 bridgehead atoms. The van der Waals surface area contributed by atoms with Crippen LogP contribution in [0.5, 0.6) is 0 Å². The van der Waals surface area contributed by atoms with Gasteiger partial charge in [0, 0.05) is 23.3 Å². The third kappa shape index (κ3) is 2.32. The van der Waals surface area contributed by atoms with Crippen LogP contribution < -0.4 is 5.73 Å². The van der Waals surface area contributed by atoms with Crippen molar-refractivity contribution in [1.82, 2.24) is 15.0 Å². The molecule has 1 aliphatic rings. The van der Waals surface area contributed by atoms with Gasteiger partial charge in [0.05, 0.1) is 16.8 Å². The molecular formula is C18H15ClN4O. The molecular weight excluding hydrogens is 324 g/mol. The zero-order chi connectivity index (χ0) is 16.9. The summed E-state index contributed by atoms with van der Waals surface area (Å²) in [6.07, 6.45) is 5.07. The molecule has 0 spiro atoms. The minimum absolute atomic E-state index is 0.240. The van der Waals surface area contributed by atoms with Gasteiger partial charge < -0.3 is 5.73 Å². The zero-order valence-electron chi connectivity index (χ0n) is 13.1. The molecule has 4 rings (SSSR count). The molecule has 1 fully saturated rings. The summed E-state index contributed by atoms with van der Waals surface area (Å²) in [6.45, 7) is 1.90. The maximum atomic E-state index is 11.7. The molecule has 0 aliphatic heterocycles. The Balaban J connectivity index is 1.78. The molecule has 5 nitrogen and oxygen atoms in total. The van der Waals surface area contributed by atoms with E-state index in [-0.39, 0.29) is 11.2 Å². The van der Waals surface area contributed by atoms with E-state index in [1.54, 1.807) is 12.4 Å². The third-order valence-corrected chi connectivity index (χ3v) is 4.88. The fourth-order valence-corrected chi connectivity index (χ4v) is 3.22. The van der Waals surface area contributed by atoms with Gasteiger partial charge in [0.15, 0.2) is 0 Å². The number of aryl methyl sites for hydroxylation is 1. The second-order valence-corrected chi connectivity index (χ2v) is 6.55. The number of carbonyl (C=O) groups is 1. The minimum atomic E-state index is -0.562. The van der Waals surface area contributed by atoms with Gasteiger partial charge in [-0.25, -0.2) is 9.97 Å². The number of aromatic nitrogens is 3. The topological polar surface area (TPSA) is 81.8 Å². The zero-order valence-corrected chi connectivity index (χ0v) is 13.8. The molecule has 2 aromatic heterocycles. The lowest BCUT2D eigenvalue weighted by molar-refractivity contribution is -0.120. The van der Waals surface area contributed by atoms with Gasteiger partial charge in [0.2, 0.25) is 11.2 Å². The monoisotopic (exact) mass is 338 g/mol. The summed E-state index contributed by atoms with van der Waals surface area (Å²) in [5.74, 6) is -0.292. The van der Waals surface area contributed by atoms with E-state index in [2.05, 4.69) is 15.0 Å². The minimum Gasteiger partial charge on any atom is -0.369 e. The molecule has 0 unspecified atom stereocenters. The molecule has 120 valence electrons. The summed E-state index contributed by atoms with van der Waals surface area (Å²) >= 11 is 5.82. The summed E-state index contributed by atoms with van der Waals surface area (Å²) < 4.78 is 0. The van der Waals surface area contributed by atoms with Crippen LogP contribution in [0.25, 0.3) is 21.9 Å². The molecule has 2 N–H and O–H groups in total. The summed E-state index contributed by atoms with van der Waals surface area (Å²) in [5.41, 5.74) is 8.49. The van der Waals surface area contributed by atoms with Crippen molar-refractivity contribution >= 4 is 28.3 Å². The number of primary amides is 1. The molecule has 1 saturated carbocycles. The van der Waals surface area contributed by atoms with E-state index in [4.69, 9.17) is 17.3 Å². The number of benzene rings is 1. The maximum absolute atomic E-state index is 11.7. The van der Waals surface area contributed by atoms with Gasteiger partial charge in [-0.1, -0.05) is 12.1 Å². The van der Waals surface area contributed by atoms with Crippen LogP contribution >= 0.6 is 11.6 Å². The van der Waals surface area contributed by atoms with Crippen molar-refractivity contribution in [3.05, 3.63) is 53.3 Å². The van der Waals surface area contributed by atoms with Gasteiger partial charge in [-0.3, -0.25) is 9.78 Å². The number of carbonyl (C=O) groups excluding carboxylic acids is 1. The fourth-order valence-electron chi connectivity index (χ4n) is 3.05. The SMILES string of the molecule is Cc1nc(Cl)ncc1-c1ccc2cc(C3(C(N)=O)CC3)ncc2c1. The van der Waals surface area contributed by atoms with Crippen LogP contribution in [0.3, 0.4) is 0 Å². The smallest absolute Gasteiger partial charge is 0.229 e.